The summed E-state index contributed by atoms with van der Waals surface area (Å²) in [5, 5.41) is 2.76. The second-order valence-electron chi connectivity index (χ2n) is 3.82. The highest BCUT2D eigenvalue weighted by molar-refractivity contribution is 5.74. The van der Waals surface area contributed by atoms with E-state index in [-0.39, 0.29) is 11.7 Å². The fraction of sp³-hybridized carbons (Fsp3) is 0.364. The van der Waals surface area contributed by atoms with E-state index in [2.05, 4.69) is 5.32 Å². The first-order chi connectivity index (χ1) is 6.42. The van der Waals surface area contributed by atoms with Gasteiger partial charge in [0.25, 0.3) is 0 Å². The Bertz CT molecular complexity index is 347. The lowest BCUT2D eigenvalue weighted by Gasteiger charge is -2.26. The van der Waals surface area contributed by atoms with E-state index in [1.165, 1.54) is 19.1 Å². The molecule has 0 spiro atoms. The minimum atomic E-state index is -0.534. The van der Waals surface area contributed by atoms with Crippen LogP contribution < -0.4 is 5.32 Å². The molecule has 1 amide bonds. The Kier molecular flexibility index (Phi) is 2.89. The maximum absolute atomic E-state index is 12.9. The standard InChI is InChI=1S/C11H14FNO/c1-8(14)13-11(2,3)9-5-4-6-10(12)7-9/h4-7H,1-3H3,(H,13,14). The molecule has 2 nitrogen and oxygen atoms in total. The van der Waals surface area contributed by atoms with Gasteiger partial charge in [-0.25, -0.2) is 4.39 Å². The zero-order chi connectivity index (χ0) is 10.8. The monoisotopic (exact) mass is 195 g/mol. The molecule has 1 aromatic rings. The van der Waals surface area contributed by atoms with Crippen molar-refractivity contribution in [3.05, 3.63) is 35.6 Å². The average Bonchev–Trinajstić information content (AvgIpc) is 2.01. The number of hydrogen-bond acceptors (Lipinski definition) is 1. The number of rotatable bonds is 2. The highest BCUT2D eigenvalue weighted by Crippen LogP contribution is 2.20. The molecule has 0 aliphatic heterocycles. The van der Waals surface area contributed by atoms with Gasteiger partial charge in [-0.1, -0.05) is 12.1 Å². The normalized spacial score (nSPS) is 11.1. The SMILES string of the molecule is CC(=O)NC(C)(C)c1cccc(F)c1. The number of benzene rings is 1. The van der Waals surface area contributed by atoms with Gasteiger partial charge >= 0.3 is 0 Å². The zero-order valence-electron chi connectivity index (χ0n) is 8.60. The lowest BCUT2D eigenvalue weighted by atomic mass is 9.94. The maximum Gasteiger partial charge on any atom is 0.217 e. The number of hydrogen-bond donors (Lipinski definition) is 1. The summed E-state index contributed by atoms with van der Waals surface area (Å²) in [7, 11) is 0. The Balaban J connectivity index is 2.97. The van der Waals surface area contributed by atoms with Gasteiger partial charge in [0.05, 0.1) is 5.54 Å². The molecule has 0 saturated heterocycles. The van der Waals surface area contributed by atoms with Crippen LogP contribution >= 0.6 is 0 Å². The summed E-state index contributed by atoms with van der Waals surface area (Å²) in [6.45, 7) is 5.12. The van der Waals surface area contributed by atoms with Crippen LogP contribution in [0.5, 0.6) is 0 Å². The molecule has 0 saturated carbocycles. The summed E-state index contributed by atoms with van der Waals surface area (Å²) in [4.78, 5) is 10.9. The summed E-state index contributed by atoms with van der Waals surface area (Å²) in [6.07, 6.45) is 0. The molecule has 14 heavy (non-hydrogen) atoms. The zero-order valence-corrected chi connectivity index (χ0v) is 8.60. The first-order valence-corrected chi connectivity index (χ1v) is 4.46. The van der Waals surface area contributed by atoms with Gasteiger partial charge in [0.15, 0.2) is 0 Å². The van der Waals surface area contributed by atoms with Gasteiger partial charge in [0.1, 0.15) is 5.82 Å². The van der Waals surface area contributed by atoms with Gasteiger partial charge in [-0.05, 0) is 31.5 Å². The Hall–Kier alpha value is -1.38. The van der Waals surface area contributed by atoms with Gasteiger partial charge < -0.3 is 5.32 Å². The van der Waals surface area contributed by atoms with Crippen LogP contribution in [0.25, 0.3) is 0 Å². The summed E-state index contributed by atoms with van der Waals surface area (Å²) in [5.41, 5.74) is 0.223. The number of carbonyl (C=O) groups is 1. The van der Waals surface area contributed by atoms with Gasteiger partial charge in [-0.3, -0.25) is 4.79 Å². The minimum absolute atomic E-state index is 0.126. The Morgan fingerprint density at radius 1 is 1.43 bits per heavy atom. The van der Waals surface area contributed by atoms with Crippen molar-refractivity contribution in [1.29, 1.82) is 0 Å². The van der Waals surface area contributed by atoms with Crippen molar-refractivity contribution in [3.8, 4) is 0 Å². The van der Waals surface area contributed by atoms with E-state index in [0.29, 0.717) is 0 Å². The van der Waals surface area contributed by atoms with Crippen molar-refractivity contribution >= 4 is 5.91 Å². The highest BCUT2D eigenvalue weighted by atomic mass is 19.1. The second kappa shape index (κ2) is 3.78. The summed E-state index contributed by atoms with van der Waals surface area (Å²) in [5.74, 6) is -0.416. The second-order valence-corrected chi connectivity index (χ2v) is 3.82. The summed E-state index contributed by atoms with van der Waals surface area (Å²) < 4.78 is 12.9. The molecular weight excluding hydrogens is 181 g/mol. The highest BCUT2D eigenvalue weighted by Gasteiger charge is 2.21. The van der Waals surface area contributed by atoms with E-state index in [1.807, 2.05) is 13.8 Å². The molecule has 76 valence electrons. The topological polar surface area (TPSA) is 29.1 Å². The lowest BCUT2D eigenvalue weighted by Crippen LogP contribution is -2.39. The number of carbonyl (C=O) groups excluding carboxylic acids is 1. The van der Waals surface area contributed by atoms with Gasteiger partial charge in [-0.2, -0.15) is 0 Å². The van der Waals surface area contributed by atoms with Crippen molar-refractivity contribution in [2.75, 3.05) is 0 Å². The predicted octanol–water partition coefficient (Wildman–Crippen LogP) is 2.20. The van der Waals surface area contributed by atoms with Gasteiger partial charge in [-0.15, -0.1) is 0 Å². The smallest absolute Gasteiger partial charge is 0.217 e. The molecule has 1 rings (SSSR count). The molecule has 0 heterocycles. The van der Waals surface area contributed by atoms with Crippen molar-refractivity contribution in [3.63, 3.8) is 0 Å². The third kappa shape index (κ3) is 2.55. The summed E-state index contributed by atoms with van der Waals surface area (Å²) in [6, 6.07) is 6.23. The Labute approximate surface area is 83.1 Å². The van der Waals surface area contributed by atoms with Gasteiger partial charge in [0.2, 0.25) is 5.91 Å². The van der Waals surface area contributed by atoms with E-state index in [1.54, 1.807) is 12.1 Å². The van der Waals surface area contributed by atoms with Crippen molar-refractivity contribution in [2.24, 2.45) is 0 Å². The van der Waals surface area contributed by atoms with Crippen LogP contribution in [0.15, 0.2) is 24.3 Å². The fourth-order valence-corrected chi connectivity index (χ4v) is 1.39. The molecule has 0 atom stereocenters. The molecule has 0 aromatic heterocycles. The van der Waals surface area contributed by atoms with Crippen LogP contribution in [-0.4, -0.2) is 5.91 Å². The third-order valence-electron chi connectivity index (χ3n) is 2.03. The molecule has 0 bridgehead atoms. The van der Waals surface area contributed by atoms with Crippen LogP contribution in [0.1, 0.15) is 26.3 Å². The van der Waals surface area contributed by atoms with Crippen LogP contribution in [0.4, 0.5) is 4.39 Å². The molecule has 0 fully saturated rings. The number of nitrogens with one attached hydrogen (secondary N) is 1. The molecule has 3 heteroatoms. The van der Waals surface area contributed by atoms with Crippen molar-refractivity contribution in [1.82, 2.24) is 5.32 Å². The molecular formula is C11H14FNO. The molecule has 0 aliphatic carbocycles. The number of halogens is 1. The Morgan fingerprint density at radius 3 is 2.57 bits per heavy atom. The third-order valence-corrected chi connectivity index (χ3v) is 2.03. The predicted molar refractivity (Wildman–Crippen MR) is 53.2 cm³/mol. The molecule has 1 aromatic carbocycles. The van der Waals surface area contributed by atoms with Crippen LogP contribution in [-0.2, 0) is 10.3 Å². The van der Waals surface area contributed by atoms with Crippen molar-refractivity contribution in [2.45, 2.75) is 26.3 Å². The molecule has 0 aliphatic rings. The van der Waals surface area contributed by atoms with Crippen molar-refractivity contribution < 1.29 is 9.18 Å². The van der Waals surface area contributed by atoms with E-state index in [4.69, 9.17) is 0 Å². The molecule has 0 unspecified atom stereocenters. The molecule has 1 N–H and O–H groups in total. The van der Waals surface area contributed by atoms with E-state index in [0.717, 1.165) is 5.56 Å². The Morgan fingerprint density at radius 2 is 2.07 bits per heavy atom. The average molecular weight is 195 g/mol. The van der Waals surface area contributed by atoms with E-state index >= 15 is 0 Å². The number of amides is 1. The summed E-state index contributed by atoms with van der Waals surface area (Å²) >= 11 is 0. The van der Waals surface area contributed by atoms with E-state index in [9.17, 15) is 9.18 Å². The van der Waals surface area contributed by atoms with Crippen LogP contribution in [0, 0.1) is 5.82 Å². The fourth-order valence-electron chi connectivity index (χ4n) is 1.39. The quantitative estimate of drug-likeness (QED) is 0.770. The lowest BCUT2D eigenvalue weighted by molar-refractivity contribution is -0.120. The van der Waals surface area contributed by atoms with Crippen LogP contribution in [0.3, 0.4) is 0 Å². The van der Waals surface area contributed by atoms with Gasteiger partial charge in [0, 0.05) is 6.92 Å². The first kappa shape index (κ1) is 10.7. The maximum atomic E-state index is 12.9. The minimum Gasteiger partial charge on any atom is -0.347 e. The largest absolute Gasteiger partial charge is 0.347 e. The first-order valence-electron chi connectivity index (χ1n) is 4.46. The van der Waals surface area contributed by atoms with E-state index < -0.39 is 5.54 Å². The van der Waals surface area contributed by atoms with Crippen LogP contribution in [0.2, 0.25) is 0 Å². The molecule has 0 radical (unpaired) electrons.